The highest BCUT2D eigenvalue weighted by Crippen LogP contribution is 2.28. The molecule has 0 saturated heterocycles. The molecule has 1 aliphatic carbocycles. The smallest absolute Gasteiger partial charge is 0.303 e. The van der Waals surface area contributed by atoms with Gasteiger partial charge in [0.1, 0.15) is 18.1 Å². The molecule has 7 N–H and O–H groups in total. The van der Waals surface area contributed by atoms with E-state index in [0.29, 0.717) is 32.2 Å². The predicted molar refractivity (Wildman–Crippen MR) is 186 cm³/mol. The highest BCUT2D eigenvalue weighted by molar-refractivity contribution is 5.92. The first kappa shape index (κ1) is 44.8. The first-order chi connectivity index (χ1) is 22.2. The summed E-state index contributed by atoms with van der Waals surface area (Å²) in [5.41, 5.74) is 0. The number of hydrogen-bond donors (Lipinski definition) is 7. The zero-order chi connectivity index (χ0) is 35.5. The summed E-state index contributed by atoms with van der Waals surface area (Å²) < 4.78 is 0. The van der Waals surface area contributed by atoms with Crippen LogP contribution < -0.4 is 26.6 Å². The van der Waals surface area contributed by atoms with Crippen molar-refractivity contribution in [3.05, 3.63) is 0 Å². The fourth-order valence-corrected chi connectivity index (χ4v) is 5.93. The lowest BCUT2D eigenvalue weighted by Crippen LogP contribution is -2.58. The second-order valence-electron chi connectivity index (χ2n) is 13.3. The van der Waals surface area contributed by atoms with Gasteiger partial charge in [0.15, 0.2) is 0 Å². The van der Waals surface area contributed by atoms with Crippen molar-refractivity contribution in [2.24, 2.45) is 17.8 Å². The van der Waals surface area contributed by atoms with Crippen molar-refractivity contribution < 1.29 is 39.0 Å². The number of likely N-dealkylation sites (N-methyl/N-ethyl adjacent to an activating group) is 1. The molecule has 0 spiro atoms. The average molecular weight is 684 g/mol. The second-order valence-corrected chi connectivity index (χ2v) is 13.3. The van der Waals surface area contributed by atoms with E-state index in [4.69, 9.17) is 5.11 Å². The number of amides is 5. The number of carbonyl (C=O) groups excluding carboxylic acids is 5. The number of aliphatic hydroxyl groups is 1. The quantitative estimate of drug-likeness (QED) is 0.0901. The van der Waals surface area contributed by atoms with Crippen molar-refractivity contribution in [1.29, 1.82) is 0 Å². The van der Waals surface area contributed by atoms with Crippen LogP contribution in [0.25, 0.3) is 0 Å². The van der Waals surface area contributed by atoms with Crippen LogP contribution in [0, 0.1) is 17.8 Å². The average Bonchev–Trinajstić information content (AvgIpc) is 3.01. The van der Waals surface area contributed by atoms with Crippen molar-refractivity contribution in [2.45, 2.75) is 163 Å². The van der Waals surface area contributed by atoms with Gasteiger partial charge in [-0.2, -0.15) is 0 Å². The normalized spacial score (nSPS) is 17.0. The predicted octanol–water partition coefficient (Wildman–Crippen LogP) is 3.18. The van der Waals surface area contributed by atoms with Crippen LogP contribution in [0.15, 0.2) is 0 Å². The molecular weight excluding hydrogens is 618 g/mol. The van der Waals surface area contributed by atoms with Crippen LogP contribution >= 0.6 is 0 Å². The first-order valence-corrected chi connectivity index (χ1v) is 17.6. The fraction of sp³-hybridized carbons (Fsp3) is 0.829. The Labute approximate surface area is 287 Å². The molecule has 278 valence electrons. The van der Waals surface area contributed by atoms with Gasteiger partial charge < -0.3 is 36.8 Å². The Bertz CT molecular complexity index is 1020. The van der Waals surface area contributed by atoms with Gasteiger partial charge in [-0.25, -0.2) is 0 Å². The third-order valence-electron chi connectivity index (χ3n) is 8.93. The lowest BCUT2D eigenvalue weighted by molar-refractivity contribution is -0.137. The number of rotatable bonds is 22. The van der Waals surface area contributed by atoms with Crippen LogP contribution in [0.2, 0.25) is 0 Å². The highest BCUT2D eigenvalue weighted by Gasteiger charge is 2.34. The molecule has 0 aromatic carbocycles. The summed E-state index contributed by atoms with van der Waals surface area (Å²) in [5, 5.41) is 34.1. The van der Waals surface area contributed by atoms with E-state index in [0.717, 1.165) is 32.1 Å². The highest BCUT2D eigenvalue weighted by atomic mass is 16.4. The number of carboxylic acids is 1. The minimum absolute atomic E-state index is 0. The maximum Gasteiger partial charge on any atom is 0.303 e. The minimum atomic E-state index is -1.22. The van der Waals surface area contributed by atoms with E-state index in [1.54, 1.807) is 6.92 Å². The summed E-state index contributed by atoms with van der Waals surface area (Å²) in [7, 11) is 0. The van der Waals surface area contributed by atoms with E-state index < -0.39 is 59.9 Å². The van der Waals surface area contributed by atoms with Gasteiger partial charge >= 0.3 is 5.97 Å². The molecule has 13 nitrogen and oxygen atoms in total. The minimum Gasteiger partial charge on any atom is -0.481 e. The molecule has 0 radical (unpaired) electrons. The molecule has 0 heterocycles. The van der Waals surface area contributed by atoms with E-state index in [-0.39, 0.29) is 56.8 Å². The van der Waals surface area contributed by atoms with Crippen molar-refractivity contribution in [1.82, 2.24) is 26.6 Å². The van der Waals surface area contributed by atoms with Crippen molar-refractivity contribution >= 4 is 35.5 Å². The van der Waals surface area contributed by atoms with Gasteiger partial charge in [-0.05, 0) is 43.9 Å². The molecule has 1 aliphatic rings. The van der Waals surface area contributed by atoms with Crippen LogP contribution in [0.3, 0.4) is 0 Å². The first-order valence-electron chi connectivity index (χ1n) is 17.6. The zero-order valence-electron chi connectivity index (χ0n) is 29.4. The van der Waals surface area contributed by atoms with Gasteiger partial charge in [0.05, 0.1) is 18.6 Å². The molecule has 48 heavy (non-hydrogen) atoms. The molecule has 1 rings (SSSR count). The van der Waals surface area contributed by atoms with E-state index in [9.17, 15) is 33.9 Å². The molecule has 13 heteroatoms. The fourth-order valence-electron chi connectivity index (χ4n) is 5.93. The number of carbonyl (C=O) groups is 6. The van der Waals surface area contributed by atoms with Gasteiger partial charge in [0.2, 0.25) is 29.5 Å². The van der Waals surface area contributed by atoms with E-state index in [2.05, 4.69) is 26.6 Å². The number of nitrogens with one attached hydrogen (secondary N) is 5. The molecule has 5 amide bonds. The third kappa shape index (κ3) is 16.7. The molecule has 6 atom stereocenters. The van der Waals surface area contributed by atoms with Crippen LogP contribution in [-0.2, 0) is 28.8 Å². The molecule has 1 saturated carbocycles. The lowest BCUT2D eigenvalue weighted by atomic mass is 9.83. The molecule has 0 aromatic rings. The van der Waals surface area contributed by atoms with Crippen molar-refractivity contribution in [3.63, 3.8) is 0 Å². The number of carboxylic acid groups (broad SMARTS) is 1. The second kappa shape index (κ2) is 24.0. The monoisotopic (exact) mass is 683 g/mol. The Morgan fingerprint density at radius 3 is 1.94 bits per heavy atom. The number of hydrogen-bond acceptors (Lipinski definition) is 7. The van der Waals surface area contributed by atoms with Gasteiger partial charge in [-0.1, -0.05) is 87.0 Å². The maximum absolute atomic E-state index is 13.7. The van der Waals surface area contributed by atoms with Gasteiger partial charge in [-0.15, -0.1) is 0 Å². The summed E-state index contributed by atoms with van der Waals surface area (Å²) in [6.45, 7) is 11.4. The summed E-state index contributed by atoms with van der Waals surface area (Å²) >= 11 is 0. The van der Waals surface area contributed by atoms with Gasteiger partial charge in [0.25, 0.3) is 0 Å². The number of aliphatic carboxylic acids is 1. The Kier molecular flexibility index (Phi) is 22.4. The van der Waals surface area contributed by atoms with Crippen LogP contribution in [0.4, 0.5) is 0 Å². The topological polar surface area (TPSA) is 203 Å². The summed E-state index contributed by atoms with van der Waals surface area (Å²) in [5.74, 6) is -3.42. The summed E-state index contributed by atoms with van der Waals surface area (Å²) in [6, 6.07) is -3.38. The largest absolute Gasteiger partial charge is 0.481 e. The molecule has 0 bridgehead atoms. The Hall–Kier alpha value is -3.22. The van der Waals surface area contributed by atoms with Crippen molar-refractivity contribution in [2.75, 3.05) is 6.54 Å². The Morgan fingerprint density at radius 2 is 1.40 bits per heavy atom. The molecule has 0 aliphatic heterocycles. The lowest BCUT2D eigenvalue weighted by Gasteiger charge is -2.32. The Morgan fingerprint density at radius 1 is 0.771 bits per heavy atom. The van der Waals surface area contributed by atoms with Gasteiger partial charge in [0, 0.05) is 19.4 Å². The maximum atomic E-state index is 13.7. The standard InChI is InChI=1S/C34H61N5O8.CH4/c1-7-14-24(36-34(47)31(22(6)8-2)38-27(41)17-13-18-29(43)44)32(45)37-25(19-23-15-11-10-12-16-23)26(40)20-28(42)39-30(21(4)5)33(46)35-9-3;/h21-26,30-31,40H,7-20H2,1-6H3,(H,35,46)(H,36,47)(H,37,45)(H,38,41)(H,39,42)(H,43,44);1H4/t22-,24-,25-,26-,30-,31-;/m0./s1. The SMILES string of the molecule is C.CCC[C@H](NC(=O)[C@@H](NC(=O)CCCC(=O)O)[C@@H](C)CC)C(=O)N[C@@H](CC1CCCCC1)[C@@H](O)CC(=O)N[C@H](C(=O)NCC)C(C)C. The van der Waals surface area contributed by atoms with Crippen LogP contribution in [0.1, 0.15) is 132 Å². The van der Waals surface area contributed by atoms with Crippen molar-refractivity contribution in [3.8, 4) is 0 Å². The summed E-state index contributed by atoms with van der Waals surface area (Å²) in [4.78, 5) is 76.0. The molecule has 1 fully saturated rings. The van der Waals surface area contributed by atoms with Crippen LogP contribution in [0.5, 0.6) is 0 Å². The molecule has 0 aromatic heterocycles. The van der Waals surface area contributed by atoms with Crippen LogP contribution in [-0.4, -0.2) is 82.5 Å². The Balaban J connectivity index is 0.0000221. The van der Waals surface area contributed by atoms with E-state index in [1.165, 1.54) is 0 Å². The molecule has 0 unspecified atom stereocenters. The number of aliphatic hydroxyl groups excluding tert-OH is 1. The van der Waals surface area contributed by atoms with Gasteiger partial charge in [-0.3, -0.25) is 28.8 Å². The molecular formula is C35H65N5O8. The zero-order valence-corrected chi connectivity index (χ0v) is 29.4. The third-order valence-corrected chi connectivity index (χ3v) is 8.93. The van der Waals surface area contributed by atoms with E-state index in [1.807, 2.05) is 34.6 Å². The van der Waals surface area contributed by atoms with E-state index >= 15 is 0 Å². The summed E-state index contributed by atoms with van der Waals surface area (Å²) in [6.07, 6.45) is 5.49.